The summed E-state index contributed by atoms with van der Waals surface area (Å²) >= 11 is 0. The number of phenolic OH excluding ortho intramolecular Hbond substituents is 2. The lowest BCUT2D eigenvalue weighted by molar-refractivity contribution is -0.156. The normalized spacial score (nSPS) is 16.2. The van der Waals surface area contributed by atoms with Crippen molar-refractivity contribution in [2.45, 2.75) is 203 Å². The second-order valence-electron chi connectivity index (χ2n) is 28.1. The highest BCUT2D eigenvalue weighted by atomic mass is 16.5. The summed E-state index contributed by atoms with van der Waals surface area (Å²) in [7, 11) is 0. The average Bonchev–Trinajstić information content (AvgIpc) is 0.997. The quantitative estimate of drug-likeness (QED) is 0.0497. The molecule has 9 rings (SSSR count). The molecular weight excluding hydrogens is 1180 g/mol. The van der Waals surface area contributed by atoms with E-state index in [0.29, 0.717) is 85.5 Å². The van der Waals surface area contributed by atoms with Crippen molar-refractivity contribution in [2.24, 2.45) is 35.5 Å². The van der Waals surface area contributed by atoms with Crippen LogP contribution in [0.15, 0.2) is 110 Å². The maximum atomic E-state index is 13.6. The number of aryl methyl sites for hydroxylation is 2. The molecule has 0 aromatic heterocycles. The smallest absolute Gasteiger partial charge is 0.335 e. The molecule has 14 nitrogen and oxygen atoms in total. The molecule has 14 heteroatoms. The van der Waals surface area contributed by atoms with E-state index in [1.165, 1.54) is 6.07 Å². The van der Waals surface area contributed by atoms with Crippen molar-refractivity contribution in [3.05, 3.63) is 166 Å². The average molecular weight is 1290 g/mol. The summed E-state index contributed by atoms with van der Waals surface area (Å²) in [5, 5.41) is 29.5. The summed E-state index contributed by atoms with van der Waals surface area (Å²) in [4.78, 5) is 67.6. The number of carbonyl (C=O) groups is 5. The van der Waals surface area contributed by atoms with Crippen LogP contribution in [0.5, 0.6) is 23.0 Å². The number of carbonyl (C=O) groups excluding carboxylic acids is 4. The van der Waals surface area contributed by atoms with Crippen LogP contribution in [-0.2, 0) is 32.3 Å². The first-order valence-corrected chi connectivity index (χ1v) is 34.6. The maximum absolute atomic E-state index is 13.6. The number of nitrogens with zero attached hydrogens (tertiary/aromatic N) is 2. The van der Waals surface area contributed by atoms with E-state index in [9.17, 15) is 39.3 Å². The fraction of sp³-hybridized carbons (Fsp3) is 0.512. The number of aromatic carboxylic acids is 1. The van der Waals surface area contributed by atoms with Crippen molar-refractivity contribution in [1.29, 1.82) is 0 Å². The van der Waals surface area contributed by atoms with Gasteiger partial charge in [0.1, 0.15) is 48.4 Å². The molecule has 0 radical (unpaired) electrons. The van der Waals surface area contributed by atoms with Crippen molar-refractivity contribution in [3.63, 3.8) is 0 Å². The molecule has 4 fully saturated rings. The Labute approximate surface area is 560 Å². The van der Waals surface area contributed by atoms with E-state index >= 15 is 0 Å². The molecule has 2 saturated heterocycles. The van der Waals surface area contributed by atoms with Gasteiger partial charge in [0.2, 0.25) is 0 Å². The van der Waals surface area contributed by atoms with Crippen molar-refractivity contribution in [3.8, 4) is 23.0 Å². The molecule has 0 spiro atoms. The van der Waals surface area contributed by atoms with Gasteiger partial charge in [-0.15, -0.1) is 0 Å². The second-order valence-corrected chi connectivity index (χ2v) is 28.1. The molecule has 2 aliphatic carbocycles. The van der Waals surface area contributed by atoms with E-state index in [1.807, 2.05) is 112 Å². The fourth-order valence-corrected chi connectivity index (χ4v) is 13.6. The summed E-state index contributed by atoms with van der Waals surface area (Å²) in [5.41, 5.74) is 8.88. The van der Waals surface area contributed by atoms with Crippen LogP contribution in [0.4, 0.5) is 0 Å². The molecule has 5 aromatic carbocycles. The van der Waals surface area contributed by atoms with Crippen LogP contribution in [0.3, 0.4) is 0 Å². The van der Waals surface area contributed by atoms with E-state index in [-0.39, 0.29) is 76.3 Å². The number of ether oxygens (including phenoxy) is 4. The van der Waals surface area contributed by atoms with Crippen molar-refractivity contribution in [1.82, 2.24) is 9.80 Å². The summed E-state index contributed by atoms with van der Waals surface area (Å²) < 4.78 is 23.8. The molecule has 2 heterocycles. The van der Waals surface area contributed by atoms with Crippen molar-refractivity contribution < 1.29 is 58.2 Å². The fourth-order valence-electron chi connectivity index (χ4n) is 13.6. The lowest BCUT2D eigenvalue weighted by atomic mass is 9.83. The third-order valence-electron chi connectivity index (χ3n) is 18.9. The topological polar surface area (TPSA) is 189 Å². The maximum Gasteiger partial charge on any atom is 0.335 e. The zero-order chi connectivity index (χ0) is 68.2. The first-order valence-electron chi connectivity index (χ1n) is 34.6. The molecule has 2 aliphatic heterocycles. The van der Waals surface area contributed by atoms with E-state index < -0.39 is 5.97 Å². The van der Waals surface area contributed by atoms with Gasteiger partial charge in [0.05, 0.1) is 23.0 Å². The third kappa shape index (κ3) is 21.6. The molecule has 5 aromatic rings. The summed E-state index contributed by atoms with van der Waals surface area (Å²) in [6.07, 6.45) is 15.7. The second kappa shape index (κ2) is 35.6. The van der Waals surface area contributed by atoms with Crippen LogP contribution in [0.25, 0.3) is 11.1 Å². The Morgan fingerprint density at radius 3 is 1.26 bits per heavy atom. The molecule has 0 unspecified atom stereocenters. The van der Waals surface area contributed by atoms with Gasteiger partial charge in [0.25, 0.3) is 11.8 Å². The predicted molar refractivity (Wildman–Crippen MR) is 373 cm³/mol. The zero-order valence-corrected chi connectivity index (χ0v) is 57.8. The van der Waals surface area contributed by atoms with Crippen LogP contribution in [0.1, 0.15) is 234 Å². The van der Waals surface area contributed by atoms with Crippen LogP contribution in [-0.4, -0.2) is 93.2 Å². The largest absolute Gasteiger partial charge is 0.508 e. The standard InChI is InChI=1S/C35H47NO4.C27H41NO5.C18H18O3/c1-24(2)19-29(35(38)40-30-13-9-10-14-30)21-27-15-17-36(18-16-27)34(37)32-22-31(25(3)4)33(20-26(32)5)39-23-28-11-7-6-8-12-28;1-17(2)13-20(27(32)33-21-7-5-6-8-21)14-19-9-11-28(12-10-19)26(31)23-15-22(18(3)4)24(29)16-25(23)30;1-12(2)15-10-16(18(19)20)13(3)9-17(15)21-11-14-7-5-4-6-8-14/h6-8,11-12,20,22,24,27,29-30H,3,9-10,13-19,21,23H2,1-2,4-5H3;15-21,29-30H,5-14H2,1-4H3;4-10H,1,11H2,2-3H3,(H,19,20)/t29-;20-;/m11./s1. The van der Waals surface area contributed by atoms with Gasteiger partial charge in [-0.25, -0.2) is 4.79 Å². The predicted octanol–water partition coefficient (Wildman–Crippen LogP) is 17.9. The number of esters is 2. The molecule has 2 amide bonds. The molecule has 2 atom stereocenters. The summed E-state index contributed by atoms with van der Waals surface area (Å²) in [6.45, 7) is 31.6. The molecule has 4 aliphatic rings. The Bertz CT molecular complexity index is 3340. The van der Waals surface area contributed by atoms with Gasteiger partial charge >= 0.3 is 17.9 Å². The lowest BCUT2D eigenvalue weighted by Gasteiger charge is -2.34. The van der Waals surface area contributed by atoms with Gasteiger partial charge in [-0.2, -0.15) is 0 Å². The highest BCUT2D eigenvalue weighted by molar-refractivity contribution is 5.98. The molecular formula is C80H106N2O12. The minimum Gasteiger partial charge on any atom is -0.508 e. The minimum atomic E-state index is -0.940. The minimum absolute atomic E-state index is 0.00312. The Balaban J connectivity index is 0.000000209. The van der Waals surface area contributed by atoms with E-state index in [4.69, 9.17) is 18.9 Å². The van der Waals surface area contributed by atoms with Gasteiger partial charge in [-0.1, -0.05) is 115 Å². The molecule has 3 N–H and O–H groups in total. The highest BCUT2D eigenvalue weighted by Gasteiger charge is 2.34. The number of benzene rings is 5. The molecule has 2 saturated carbocycles. The first kappa shape index (κ1) is 73.5. The number of hydrogen-bond acceptors (Lipinski definition) is 11. The number of likely N-dealkylation sites (tertiary alicyclic amines) is 2. The number of phenols is 2. The van der Waals surface area contributed by atoms with Crippen LogP contribution in [0, 0.1) is 49.4 Å². The van der Waals surface area contributed by atoms with Gasteiger partial charge in [-0.05, 0) is 229 Å². The molecule has 0 bridgehead atoms. The Morgan fingerprint density at radius 1 is 0.500 bits per heavy atom. The lowest BCUT2D eigenvalue weighted by Crippen LogP contribution is -2.39. The number of rotatable bonds is 24. The number of carboxylic acids is 1. The van der Waals surface area contributed by atoms with E-state index in [0.717, 1.165) is 147 Å². The van der Waals surface area contributed by atoms with Crippen LogP contribution in [0.2, 0.25) is 0 Å². The summed E-state index contributed by atoms with van der Waals surface area (Å²) in [6, 6.07) is 30.1. The number of aromatic hydroxyl groups is 2. The van der Waals surface area contributed by atoms with Gasteiger partial charge in [-0.3, -0.25) is 19.2 Å². The SMILES string of the molecule is C=C(C)c1cc(C(=O)N2CCC(C[C@@H](CC(C)C)C(=O)OC3CCCC3)CC2)c(C)cc1OCc1ccccc1.C=C(C)c1cc(C(=O)O)c(C)cc1OCc1ccccc1.CC(C)C[C@H](CC1CCN(C(=O)c2cc(C(C)C)c(O)cc2O)CC1)C(=O)OC1CCCC1. The van der Waals surface area contributed by atoms with E-state index in [2.05, 4.69) is 40.9 Å². The Morgan fingerprint density at radius 2 is 0.883 bits per heavy atom. The zero-order valence-electron chi connectivity index (χ0n) is 57.8. The number of hydrogen-bond donors (Lipinski definition) is 3. The number of carboxylic acid groups (broad SMARTS) is 1. The van der Waals surface area contributed by atoms with Crippen LogP contribution >= 0.6 is 0 Å². The number of piperidine rings is 2. The van der Waals surface area contributed by atoms with Gasteiger partial charge in [0, 0.05) is 48.9 Å². The van der Waals surface area contributed by atoms with Crippen molar-refractivity contribution in [2.75, 3.05) is 26.2 Å². The number of allylic oxidation sites excluding steroid dienone is 2. The monoisotopic (exact) mass is 1290 g/mol. The number of amides is 2. The van der Waals surface area contributed by atoms with Gasteiger partial charge in [0.15, 0.2) is 0 Å². The highest BCUT2D eigenvalue weighted by Crippen LogP contribution is 2.38. The molecule has 94 heavy (non-hydrogen) atoms. The van der Waals surface area contributed by atoms with Crippen molar-refractivity contribution >= 4 is 40.9 Å². The van der Waals surface area contributed by atoms with E-state index in [1.54, 1.807) is 30.0 Å². The first-order chi connectivity index (χ1) is 44.8. The molecule has 508 valence electrons. The summed E-state index contributed by atoms with van der Waals surface area (Å²) in [5.74, 6) is 1.75. The Hall–Kier alpha value is -7.87. The Kier molecular flexibility index (Phi) is 27.8. The third-order valence-corrected chi connectivity index (χ3v) is 18.9. The van der Waals surface area contributed by atoms with Gasteiger partial charge < -0.3 is 44.1 Å². The van der Waals surface area contributed by atoms with Crippen LogP contribution < -0.4 is 9.47 Å².